The molecule has 4 N–H and O–H groups in total. The fourth-order valence-electron chi connectivity index (χ4n) is 5.14. The number of aryl methyl sites for hydroxylation is 1. The first-order valence-corrected chi connectivity index (χ1v) is 9.18. The number of carbonyl (C=O) groups is 3. The molecule has 5 rings (SSSR count). The Morgan fingerprint density at radius 2 is 1.74 bits per heavy atom. The number of imide groups is 1. The molecule has 2 aromatic rings. The van der Waals surface area contributed by atoms with Crippen LogP contribution in [0.3, 0.4) is 0 Å². The summed E-state index contributed by atoms with van der Waals surface area (Å²) in [6.07, 6.45) is 0.624. The van der Waals surface area contributed by atoms with Crippen molar-refractivity contribution in [2.45, 2.75) is 24.9 Å². The molecule has 4 atom stereocenters. The first-order valence-electron chi connectivity index (χ1n) is 9.18. The molecule has 2 fully saturated rings. The Morgan fingerprint density at radius 3 is 2.52 bits per heavy atom. The minimum atomic E-state index is -1.08. The van der Waals surface area contributed by atoms with Crippen molar-refractivity contribution in [1.82, 2.24) is 5.32 Å². The molecular weight excluding hydrogens is 342 g/mol. The van der Waals surface area contributed by atoms with Crippen molar-refractivity contribution >= 4 is 23.4 Å². The Bertz CT molecular complexity index is 987. The zero-order valence-corrected chi connectivity index (χ0v) is 14.9. The molecular formula is C21H20N3O3+. The number of anilines is 1. The first-order chi connectivity index (χ1) is 13.0. The van der Waals surface area contributed by atoms with Crippen LogP contribution < -0.4 is 16.0 Å². The van der Waals surface area contributed by atoms with Crippen molar-refractivity contribution in [2.24, 2.45) is 11.8 Å². The highest BCUT2D eigenvalue weighted by Gasteiger charge is 2.72. The number of amides is 3. The number of rotatable bonds is 2. The molecule has 0 saturated carbocycles. The molecule has 0 bridgehead atoms. The van der Waals surface area contributed by atoms with Crippen molar-refractivity contribution in [3.63, 3.8) is 0 Å². The molecule has 3 amide bonds. The van der Waals surface area contributed by atoms with Crippen molar-refractivity contribution in [3.05, 3.63) is 65.2 Å². The second-order valence-corrected chi connectivity index (χ2v) is 7.70. The Hall–Kier alpha value is -2.99. The van der Waals surface area contributed by atoms with Gasteiger partial charge in [-0.2, -0.15) is 0 Å². The second kappa shape index (κ2) is 5.50. The summed E-state index contributed by atoms with van der Waals surface area (Å²) >= 11 is 0. The van der Waals surface area contributed by atoms with Gasteiger partial charge in [-0.1, -0.05) is 48.5 Å². The average Bonchev–Trinajstić information content (AvgIpc) is 3.24. The van der Waals surface area contributed by atoms with E-state index in [-0.39, 0.29) is 23.8 Å². The molecule has 3 heterocycles. The minimum Gasteiger partial charge on any atom is -0.326 e. The first kappa shape index (κ1) is 16.2. The number of hydrogen-bond acceptors (Lipinski definition) is 3. The standard InChI is InChI=1S/C21H19N3O3/c1-11-6-5-9-13-17(11)22-20(27)21(13)16-15(18(25)23-19(16)26)14(24-21)10-12-7-3-2-4-8-12/h2-9,14-16,24H,10H2,1H3,(H,22,27)(H,23,25,26)/p+1/t14-,15-,16+,21+/m1/s1. The van der Waals surface area contributed by atoms with Gasteiger partial charge in [0, 0.05) is 12.0 Å². The highest BCUT2D eigenvalue weighted by Crippen LogP contribution is 2.48. The Kier molecular flexibility index (Phi) is 3.30. The number of hydrogen-bond donors (Lipinski definition) is 3. The van der Waals surface area contributed by atoms with Crippen LogP contribution in [0.4, 0.5) is 5.69 Å². The fourth-order valence-corrected chi connectivity index (χ4v) is 5.14. The van der Waals surface area contributed by atoms with Gasteiger partial charge in [0.25, 0.3) is 5.91 Å². The highest BCUT2D eigenvalue weighted by molar-refractivity contribution is 6.14. The molecule has 136 valence electrons. The number of benzene rings is 2. The topological polar surface area (TPSA) is 91.9 Å². The zero-order chi connectivity index (χ0) is 18.8. The van der Waals surface area contributed by atoms with E-state index < -0.39 is 17.4 Å². The van der Waals surface area contributed by atoms with E-state index in [0.29, 0.717) is 6.42 Å². The van der Waals surface area contributed by atoms with Gasteiger partial charge in [0.05, 0.1) is 5.69 Å². The van der Waals surface area contributed by atoms with E-state index in [2.05, 4.69) is 10.6 Å². The molecule has 0 unspecified atom stereocenters. The van der Waals surface area contributed by atoms with E-state index in [0.717, 1.165) is 22.4 Å². The van der Waals surface area contributed by atoms with Gasteiger partial charge in [0.15, 0.2) is 0 Å². The number of nitrogens with one attached hydrogen (secondary N) is 2. The van der Waals surface area contributed by atoms with Gasteiger partial charge < -0.3 is 10.6 Å². The number of quaternary nitrogens is 1. The Labute approximate surface area is 156 Å². The monoisotopic (exact) mass is 362 g/mol. The number of para-hydroxylation sites is 1. The van der Waals surface area contributed by atoms with Crippen molar-refractivity contribution in [3.8, 4) is 0 Å². The summed E-state index contributed by atoms with van der Waals surface area (Å²) in [4.78, 5) is 38.5. The number of fused-ring (bicyclic) bond motifs is 4. The van der Waals surface area contributed by atoms with Gasteiger partial charge in [-0.3, -0.25) is 19.7 Å². The van der Waals surface area contributed by atoms with Crippen molar-refractivity contribution in [2.75, 3.05) is 5.32 Å². The van der Waals surface area contributed by atoms with E-state index in [1.165, 1.54) is 0 Å². The van der Waals surface area contributed by atoms with Crippen LogP contribution in [0.15, 0.2) is 48.5 Å². The molecule has 0 radical (unpaired) electrons. The summed E-state index contributed by atoms with van der Waals surface area (Å²) in [5.41, 5.74) is 2.54. The molecule has 3 aliphatic heterocycles. The quantitative estimate of drug-likeness (QED) is 0.668. The lowest BCUT2D eigenvalue weighted by Crippen LogP contribution is -2.99. The van der Waals surface area contributed by atoms with Gasteiger partial charge in [-0.25, -0.2) is 0 Å². The van der Waals surface area contributed by atoms with Gasteiger partial charge in [0.1, 0.15) is 17.9 Å². The van der Waals surface area contributed by atoms with Crippen LogP contribution in [0.2, 0.25) is 0 Å². The number of carbonyl (C=O) groups excluding carboxylic acids is 3. The largest absolute Gasteiger partial charge is 0.326 e. The third-order valence-electron chi connectivity index (χ3n) is 6.27. The van der Waals surface area contributed by atoms with E-state index in [9.17, 15) is 14.4 Å². The van der Waals surface area contributed by atoms with E-state index in [1.54, 1.807) is 0 Å². The summed E-state index contributed by atoms with van der Waals surface area (Å²) in [6.45, 7) is 1.94. The molecule has 27 heavy (non-hydrogen) atoms. The third kappa shape index (κ3) is 2.07. The lowest BCUT2D eigenvalue weighted by atomic mass is 9.76. The summed E-state index contributed by atoms with van der Waals surface area (Å²) < 4.78 is 0. The van der Waals surface area contributed by atoms with Gasteiger partial charge in [0.2, 0.25) is 17.4 Å². The van der Waals surface area contributed by atoms with E-state index >= 15 is 0 Å². The Balaban J connectivity index is 1.64. The summed E-state index contributed by atoms with van der Waals surface area (Å²) in [6, 6.07) is 15.4. The maximum absolute atomic E-state index is 13.2. The van der Waals surface area contributed by atoms with Crippen LogP contribution in [0.25, 0.3) is 0 Å². The van der Waals surface area contributed by atoms with E-state index in [1.807, 2.05) is 60.8 Å². The third-order valence-corrected chi connectivity index (χ3v) is 6.27. The molecule has 1 spiro atoms. The lowest BCUT2D eigenvalue weighted by Gasteiger charge is -2.24. The summed E-state index contributed by atoms with van der Waals surface area (Å²) in [5, 5.41) is 7.41. The fraction of sp³-hybridized carbons (Fsp3) is 0.286. The number of nitrogens with two attached hydrogens (primary N) is 1. The van der Waals surface area contributed by atoms with Crippen LogP contribution in [-0.2, 0) is 26.3 Å². The maximum atomic E-state index is 13.2. The van der Waals surface area contributed by atoms with Gasteiger partial charge in [-0.15, -0.1) is 0 Å². The Morgan fingerprint density at radius 1 is 0.963 bits per heavy atom. The molecule has 0 aromatic heterocycles. The van der Waals surface area contributed by atoms with Crippen LogP contribution >= 0.6 is 0 Å². The lowest BCUT2D eigenvalue weighted by molar-refractivity contribution is -0.733. The normalized spacial score (nSPS) is 31.0. The summed E-state index contributed by atoms with van der Waals surface area (Å²) in [7, 11) is 0. The molecule has 2 saturated heterocycles. The molecule has 6 heteroatoms. The predicted octanol–water partition coefficient (Wildman–Crippen LogP) is 0.220. The minimum absolute atomic E-state index is 0.180. The smallest absolute Gasteiger partial charge is 0.291 e. The van der Waals surface area contributed by atoms with Crippen LogP contribution in [-0.4, -0.2) is 23.8 Å². The van der Waals surface area contributed by atoms with Crippen LogP contribution in [0.1, 0.15) is 16.7 Å². The highest BCUT2D eigenvalue weighted by atomic mass is 16.2. The summed E-state index contributed by atoms with van der Waals surface area (Å²) in [5.74, 6) is -2.03. The maximum Gasteiger partial charge on any atom is 0.291 e. The van der Waals surface area contributed by atoms with Crippen LogP contribution in [0, 0.1) is 18.8 Å². The average molecular weight is 362 g/mol. The van der Waals surface area contributed by atoms with Crippen LogP contribution in [0.5, 0.6) is 0 Å². The second-order valence-electron chi connectivity index (χ2n) is 7.70. The van der Waals surface area contributed by atoms with Gasteiger partial charge >= 0.3 is 0 Å². The van der Waals surface area contributed by atoms with Crippen molar-refractivity contribution in [1.29, 1.82) is 0 Å². The molecule has 0 aliphatic carbocycles. The molecule has 3 aliphatic rings. The van der Waals surface area contributed by atoms with E-state index in [4.69, 9.17) is 0 Å². The SMILES string of the molecule is Cc1cccc2c1NC(=O)[C@]21[NH2+][C@H](Cc2ccccc2)[C@H]2C(=O)NC(=O)[C@H]21. The predicted molar refractivity (Wildman–Crippen MR) is 97.5 cm³/mol. The molecule has 6 nitrogen and oxygen atoms in total. The van der Waals surface area contributed by atoms with Gasteiger partial charge in [-0.05, 0) is 18.1 Å². The van der Waals surface area contributed by atoms with Crippen molar-refractivity contribution < 1.29 is 19.7 Å². The molecule has 2 aromatic carbocycles. The zero-order valence-electron chi connectivity index (χ0n) is 14.9.